The summed E-state index contributed by atoms with van der Waals surface area (Å²) >= 11 is 11.2. The molecule has 0 saturated heterocycles. The summed E-state index contributed by atoms with van der Waals surface area (Å²) in [6, 6.07) is 4.74. The van der Waals surface area contributed by atoms with E-state index in [-0.39, 0.29) is 21.4 Å². The van der Waals surface area contributed by atoms with Crippen molar-refractivity contribution in [3.63, 3.8) is 0 Å². The Morgan fingerprint density at radius 1 is 1.00 bits per heavy atom. The van der Waals surface area contributed by atoms with Gasteiger partial charge in [-0.05, 0) is 12.1 Å². The number of aromatic nitrogens is 2. The molecule has 0 fully saturated rings. The molecule has 1 heterocycles. The third-order valence-corrected chi connectivity index (χ3v) is 2.64. The second-order valence-electron chi connectivity index (χ2n) is 3.41. The van der Waals surface area contributed by atoms with Crippen molar-refractivity contribution >= 4 is 23.2 Å². The molecule has 2 rings (SSSR count). The zero-order chi connectivity index (χ0) is 13.3. The molecule has 0 N–H and O–H groups in total. The Morgan fingerprint density at radius 3 is 2.33 bits per heavy atom. The molecule has 0 amide bonds. The predicted octanol–water partition coefficient (Wildman–Crippen LogP) is 4.47. The van der Waals surface area contributed by atoms with Gasteiger partial charge >= 0.3 is 6.18 Å². The van der Waals surface area contributed by atoms with Crippen molar-refractivity contribution in [1.82, 2.24) is 9.97 Å². The number of rotatable bonds is 1. The normalized spacial score (nSPS) is 11.6. The van der Waals surface area contributed by atoms with Crippen molar-refractivity contribution in [1.29, 1.82) is 0 Å². The fourth-order valence-electron chi connectivity index (χ4n) is 1.46. The summed E-state index contributed by atoms with van der Waals surface area (Å²) in [6.45, 7) is 0. The van der Waals surface area contributed by atoms with E-state index in [1.54, 1.807) is 0 Å². The Bertz CT molecular complexity index is 585. The van der Waals surface area contributed by atoms with Crippen LogP contribution in [-0.2, 0) is 6.18 Å². The fourth-order valence-corrected chi connectivity index (χ4v) is 1.77. The van der Waals surface area contributed by atoms with E-state index in [9.17, 15) is 13.2 Å². The molecule has 0 aliphatic carbocycles. The monoisotopic (exact) mass is 292 g/mol. The van der Waals surface area contributed by atoms with E-state index in [0.717, 1.165) is 12.4 Å². The van der Waals surface area contributed by atoms with Gasteiger partial charge in [0.1, 0.15) is 11.5 Å². The van der Waals surface area contributed by atoms with Gasteiger partial charge in [-0.3, -0.25) is 0 Å². The van der Waals surface area contributed by atoms with E-state index in [2.05, 4.69) is 9.97 Å². The van der Waals surface area contributed by atoms with Crippen LogP contribution in [0.5, 0.6) is 0 Å². The maximum absolute atomic E-state index is 12.9. The molecule has 0 unspecified atom stereocenters. The first-order valence-corrected chi connectivity index (χ1v) is 5.48. The van der Waals surface area contributed by atoms with Crippen molar-refractivity contribution in [2.24, 2.45) is 0 Å². The molecule has 1 aromatic carbocycles. The third kappa shape index (κ3) is 2.73. The first kappa shape index (κ1) is 13.1. The van der Waals surface area contributed by atoms with Crippen LogP contribution in [-0.4, -0.2) is 9.97 Å². The van der Waals surface area contributed by atoms with Gasteiger partial charge in [0.05, 0.1) is 11.3 Å². The summed E-state index contributed by atoms with van der Waals surface area (Å²) in [4.78, 5) is 7.40. The van der Waals surface area contributed by atoms with Crippen molar-refractivity contribution in [2.45, 2.75) is 6.18 Å². The lowest BCUT2D eigenvalue weighted by atomic mass is 10.0. The second kappa shape index (κ2) is 4.74. The van der Waals surface area contributed by atoms with E-state index in [0.29, 0.717) is 0 Å². The number of halogens is 5. The number of benzene rings is 1. The Hall–Kier alpha value is -1.33. The maximum Gasteiger partial charge on any atom is 0.417 e. The minimum absolute atomic E-state index is 0.00577. The molecule has 0 saturated carbocycles. The van der Waals surface area contributed by atoms with Crippen molar-refractivity contribution < 1.29 is 13.2 Å². The van der Waals surface area contributed by atoms with Crippen LogP contribution in [0.2, 0.25) is 10.2 Å². The van der Waals surface area contributed by atoms with Crippen molar-refractivity contribution in [3.05, 3.63) is 46.3 Å². The number of nitrogens with zero attached hydrogens (tertiary/aromatic N) is 2. The smallest absolute Gasteiger partial charge is 0.236 e. The van der Waals surface area contributed by atoms with Gasteiger partial charge in [-0.2, -0.15) is 13.2 Å². The molecule has 7 heteroatoms. The van der Waals surface area contributed by atoms with Gasteiger partial charge in [0, 0.05) is 16.7 Å². The summed E-state index contributed by atoms with van der Waals surface area (Å²) < 4.78 is 38.6. The van der Waals surface area contributed by atoms with Crippen LogP contribution in [0.1, 0.15) is 5.56 Å². The summed E-state index contributed by atoms with van der Waals surface area (Å²) in [5, 5.41) is 0.0781. The lowest BCUT2D eigenvalue weighted by Crippen LogP contribution is -2.07. The highest BCUT2D eigenvalue weighted by Gasteiger charge is 2.34. The first-order valence-electron chi connectivity index (χ1n) is 4.72. The maximum atomic E-state index is 12.9. The van der Waals surface area contributed by atoms with Gasteiger partial charge in [-0.25, -0.2) is 9.97 Å². The van der Waals surface area contributed by atoms with Gasteiger partial charge in [-0.15, -0.1) is 0 Å². The van der Waals surface area contributed by atoms with Crippen LogP contribution in [0.3, 0.4) is 0 Å². The van der Waals surface area contributed by atoms with E-state index >= 15 is 0 Å². The summed E-state index contributed by atoms with van der Waals surface area (Å²) in [6.07, 6.45) is -3.41. The Labute approximate surface area is 110 Å². The van der Waals surface area contributed by atoms with Crippen LogP contribution < -0.4 is 0 Å². The minimum Gasteiger partial charge on any atom is -0.236 e. The fraction of sp³-hybridized carbons (Fsp3) is 0.0909. The zero-order valence-corrected chi connectivity index (χ0v) is 10.2. The molecule has 0 bridgehead atoms. The van der Waals surface area contributed by atoms with Crippen LogP contribution in [0.25, 0.3) is 11.3 Å². The number of hydrogen-bond donors (Lipinski definition) is 0. The summed E-state index contributed by atoms with van der Waals surface area (Å²) in [7, 11) is 0. The van der Waals surface area contributed by atoms with E-state index in [4.69, 9.17) is 23.2 Å². The Balaban J connectivity index is 2.64. The van der Waals surface area contributed by atoms with Gasteiger partial charge < -0.3 is 0 Å². The zero-order valence-electron chi connectivity index (χ0n) is 8.67. The molecule has 18 heavy (non-hydrogen) atoms. The molecule has 0 aliphatic heterocycles. The van der Waals surface area contributed by atoms with Crippen LogP contribution in [0, 0.1) is 0 Å². The molecule has 0 atom stereocenters. The van der Waals surface area contributed by atoms with Gasteiger partial charge in [0.2, 0.25) is 0 Å². The molecular formula is C11H5Cl2F3N2. The number of alkyl halides is 3. The van der Waals surface area contributed by atoms with Crippen LogP contribution >= 0.6 is 23.2 Å². The molecule has 94 valence electrons. The highest BCUT2D eigenvalue weighted by atomic mass is 35.5. The van der Waals surface area contributed by atoms with E-state index < -0.39 is 11.7 Å². The quantitative estimate of drug-likeness (QED) is 0.725. The molecule has 2 aromatic rings. The van der Waals surface area contributed by atoms with Gasteiger partial charge in [0.25, 0.3) is 0 Å². The molecule has 1 aromatic heterocycles. The lowest BCUT2D eigenvalue weighted by molar-refractivity contribution is -0.137. The van der Waals surface area contributed by atoms with Crippen molar-refractivity contribution in [2.75, 3.05) is 0 Å². The van der Waals surface area contributed by atoms with Gasteiger partial charge in [0.15, 0.2) is 0 Å². The third-order valence-electron chi connectivity index (χ3n) is 2.20. The molecule has 0 spiro atoms. The van der Waals surface area contributed by atoms with E-state index in [1.807, 2.05) is 0 Å². The first-order chi connectivity index (χ1) is 8.38. The van der Waals surface area contributed by atoms with Gasteiger partial charge in [-0.1, -0.05) is 29.3 Å². The molecule has 0 aliphatic rings. The molecular weight excluding hydrogens is 288 g/mol. The minimum atomic E-state index is -4.52. The van der Waals surface area contributed by atoms with Crippen LogP contribution in [0.15, 0.2) is 30.6 Å². The SMILES string of the molecule is FC(F)(F)c1cc(Cl)ccc1-c1cc(Cl)ncn1. The van der Waals surface area contributed by atoms with E-state index in [1.165, 1.54) is 18.2 Å². The molecule has 2 nitrogen and oxygen atoms in total. The lowest BCUT2D eigenvalue weighted by Gasteiger charge is -2.12. The topological polar surface area (TPSA) is 25.8 Å². The standard InChI is InChI=1S/C11H5Cl2F3N2/c12-6-1-2-7(8(3-6)11(14,15)16)9-4-10(13)18-5-17-9/h1-5H. The highest BCUT2D eigenvalue weighted by Crippen LogP contribution is 2.38. The predicted molar refractivity (Wildman–Crippen MR) is 62.5 cm³/mol. The average molecular weight is 293 g/mol. The summed E-state index contributed by atoms with van der Waals surface area (Å²) in [5.74, 6) is 0. The average Bonchev–Trinajstić information content (AvgIpc) is 2.27. The highest BCUT2D eigenvalue weighted by molar-refractivity contribution is 6.30. The second-order valence-corrected chi connectivity index (χ2v) is 4.24. The summed E-state index contributed by atoms with van der Waals surface area (Å²) in [5.41, 5.74) is -0.847. The van der Waals surface area contributed by atoms with Crippen LogP contribution in [0.4, 0.5) is 13.2 Å². The largest absolute Gasteiger partial charge is 0.417 e. The Kier molecular flexibility index (Phi) is 3.45. The Morgan fingerprint density at radius 2 is 1.72 bits per heavy atom. The number of hydrogen-bond acceptors (Lipinski definition) is 2. The molecule has 0 radical (unpaired) electrons. The van der Waals surface area contributed by atoms with Crippen molar-refractivity contribution in [3.8, 4) is 11.3 Å².